The van der Waals surface area contributed by atoms with Gasteiger partial charge in [-0.05, 0) is 192 Å². The van der Waals surface area contributed by atoms with Crippen molar-refractivity contribution < 1.29 is 9.53 Å². The van der Waals surface area contributed by atoms with Gasteiger partial charge in [0.2, 0.25) is 0 Å². The quantitative estimate of drug-likeness (QED) is 0.134. The van der Waals surface area contributed by atoms with E-state index in [4.69, 9.17) is 4.74 Å². The largest absolute Gasteiger partial charge is 0.423 e. The molecule has 19 rings (SSSR count). The highest BCUT2D eigenvalue weighted by Gasteiger charge is 2.64. The second-order valence-corrected chi connectivity index (χ2v) is 19.9. The van der Waals surface area contributed by atoms with Crippen LogP contribution in [-0.4, -0.2) is 5.97 Å². The van der Waals surface area contributed by atoms with Crippen LogP contribution in [0.4, 0.5) is 0 Å². The number of ether oxygens (including phenoxy) is 1. The van der Waals surface area contributed by atoms with E-state index in [1.54, 1.807) is 115 Å². The zero-order chi connectivity index (χ0) is 35.8. The molecule has 2 heteroatoms. The predicted molar refractivity (Wildman–Crippen MR) is 225 cm³/mol. The standard InChI is InChI=1S/C55H30O2/c56-54(57-28-9-5-2-6-10-28)30-19-55-18-27-16-25-14-23-12-21-11-22-13-24-15-26-17-29(52(55)31(30)20-7-3-1-4-8-20)39-35(26)43-37(24)41-33(22)32(21)40-36(23)42-34(25)38(27)50-48-46(42)44(40)45(41)47(43)49(48)51(39)53(50)55/h1-10,12-13,16,18-19,22,26,29,31,33,35,52H,11,14-15,17H2. The lowest BCUT2D eigenvalue weighted by Gasteiger charge is -2.45. The molecule has 0 bridgehead atoms. The minimum Gasteiger partial charge on any atom is -0.423 e. The Morgan fingerprint density at radius 2 is 1.39 bits per heavy atom. The average Bonchev–Trinajstić information content (AvgIpc) is 4.08. The van der Waals surface area contributed by atoms with E-state index in [1.807, 2.05) is 30.3 Å². The first-order valence-corrected chi connectivity index (χ1v) is 21.6. The highest BCUT2D eigenvalue weighted by molar-refractivity contribution is 6.53. The molecule has 1 spiro atoms. The summed E-state index contributed by atoms with van der Waals surface area (Å²) in [6, 6.07) is 26.1. The summed E-state index contributed by atoms with van der Waals surface area (Å²) in [5.41, 5.74) is 18.3. The van der Waals surface area contributed by atoms with Gasteiger partial charge in [0.25, 0.3) is 0 Å². The number of para-hydroxylation sites is 1. The molecule has 9 aromatic rings. The van der Waals surface area contributed by atoms with Crippen LogP contribution < -0.4 is 15.2 Å². The summed E-state index contributed by atoms with van der Waals surface area (Å²) in [5, 5.41) is 22.3. The minimum absolute atomic E-state index is 0.0663. The summed E-state index contributed by atoms with van der Waals surface area (Å²) in [7, 11) is 0. The van der Waals surface area contributed by atoms with Gasteiger partial charge in [0.1, 0.15) is 5.75 Å². The van der Waals surface area contributed by atoms with Gasteiger partial charge in [-0.3, -0.25) is 0 Å². The molecule has 0 N–H and O–H groups in total. The topological polar surface area (TPSA) is 26.3 Å². The third-order valence-electron chi connectivity index (χ3n) is 18.3. The summed E-state index contributed by atoms with van der Waals surface area (Å²) < 4.78 is 6.38. The Morgan fingerprint density at radius 3 is 2.28 bits per heavy atom. The van der Waals surface area contributed by atoms with E-state index in [9.17, 15) is 4.79 Å². The van der Waals surface area contributed by atoms with E-state index in [2.05, 4.69) is 60.7 Å². The molecule has 8 unspecified atom stereocenters. The molecule has 0 heterocycles. The van der Waals surface area contributed by atoms with Crippen LogP contribution in [0.1, 0.15) is 80.7 Å². The second-order valence-electron chi connectivity index (χ2n) is 19.9. The number of esters is 1. The predicted octanol–water partition coefficient (Wildman–Crippen LogP) is 10.1. The molecule has 262 valence electrons. The first-order valence-electron chi connectivity index (χ1n) is 21.6. The van der Waals surface area contributed by atoms with Gasteiger partial charge in [-0.2, -0.15) is 0 Å². The summed E-state index contributed by atoms with van der Waals surface area (Å²) >= 11 is 0. The number of hydrogen-bond acceptors (Lipinski definition) is 2. The van der Waals surface area contributed by atoms with Gasteiger partial charge in [-0.15, -0.1) is 0 Å². The first-order chi connectivity index (χ1) is 28.2. The maximum absolute atomic E-state index is 15.0. The van der Waals surface area contributed by atoms with Crippen LogP contribution >= 0.6 is 0 Å². The van der Waals surface area contributed by atoms with Crippen LogP contribution in [-0.2, 0) is 23.1 Å². The fourth-order valence-corrected chi connectivity index (χ4v) is 17.4. The third kappa shape index (κ3) is 2.30. The molecule has 9 aromatic carbocycles. The van der Waals surface area contributed by atoms with E-state index < -0.39 is 5.41 Å². The Bertz CT molecular complexity index is 3880. The van der Waals surface area contributed by atoms with Crippen LogP contribution in [0.15, 0.2) is 90.5 Å². The van der Waals surface area contributed by atoms with E-state index in [1.165, 1.54) is 41.0 Å². The van der Waals surface area contributed by atoms with Crippen molar-refractivity contribution in [2.24, 2.45) is 23.7 Å². The van der Waals surface area contributed by atoms with Crippen molar-refractivity contribution >= 4 is 87.8 Å². The molecular weight excluding hydrogens is 693 g/mol. The van der Waals surface area contributed by atoms with Gasteiger partial charge in [0, 0.05) is 28.7 Å². The smallest absolute Gasteiger partial charge is 0.339 e. The third-order valence-corrected chi connectivity index (χ3v) is 18.3. The molecule has 0 amide bonds. The number of allylic oxidation sites excluding steroid dienone is 3. The summed E-state index contributed by atoms with van der Waals surface area (Å²) in [4.78, 5) is 15.0. The Labute approximate surface area is 325 Å². The fourth-order valence-electron chi connectivity index (χ4n) is 17.4. The molecule has 0 saturated heterocycles. The minimum atomic E-state index is -0.409. The zero-order valence-corrected chi connectivity index (χ0v) is 30.8. The van der Waals surface area contributed by atoms with Gasteiger partial charge in [0.15, 0.2) is 0 Å². The Hall–Kier alpha value is -5.99. The number of benzene rings is 5. The number of carbonyl (C=O) groups excluding carboxylic acids is 1. The second kappa shape index (κ2) is 7.69. The van der Waals surface area contributed by atoms with Crippen LogP contribution in [0, 0.1) is 23.7 Å². The lowest BCUT2D eigenvalue weighted by molar-refractivity contribution is -0.130. The van der Waals surface area contributed by atoms with Gasteiger partial charge < -0.3 is 4.74 Å². The van der Waals surface area contributed by atoms with Gasteiger partial charge in [0.05, 0.1) is 0 Å². The van der Waals surface area contributed by atoms with Gasteiger partial charge in [-0.25, -0.2) is 4.79 Å². The molecule has 8 atom stereocenters. The van der Waals surface area contributed by atoms with Crippen molar-refractivity contribution in [2.45, 2.75) is 48.9 Å². The lowest BCUT2D eigenvalue weighted by atomic mass is 9.56. The van der Waals surface area contributed by atoms with Crippen molar-refractivity contribution in [3.8, 4) is 5.75 Å². The summed E-state index contributed by atoms with van der Waals surface area (Å²) in [6.45, 7) is 0. The highest BCUT2D eigenvalue weighted by Crippen LogP contribution is 2.75. The molecular formula is C55H30O2. The molecule has 57 heavy (non-hydrogen) atoms. The monoisotopic (exact) mass is 722 g/mol. The number of hydrogen-bond donors (Lipinski definition) is 0. The summed E-state index contributed by atoms with van der Waals surface area (Å²) in [5.74, 6) is 3.09. The van der Waals surface area contributed by atoms with Gasteiger partial charge in [-0.1, -0.05) is 84.5 Å². The molecule has 10 aliphatic carbocycles. The van der Waals surface area contributed by atoms with Crippen LogP contribution in [0.5, 0.6) is 5.75 Å². The van der Waals surface area contributed by atoms with E-state index in [0.29, 0.717) is 35.3 Å². The molecule has 2 nitrogen and oxygen atoms in total. The Balaban J connectivity index is 1.08. The van der Waals surface area contributed by atoms with Crippen molar-refractivity contribution in [1.82, 2.24) is 0 Å². The molecule has 0 aromatic heterocycles. The van der Waals surface area contributed by atoms with Gasteiger partial charge >= 0.3 is 5.97 Å². The molecule has 0 radical (unpaired) electrons. The fraction of sp³-hybridized carbons (Fsp3) is 0.218. The van der Waals surface area contributed by atoms with E-state index in [-0.39, 0.29) is 17.8 Å². The molecule has 1 fully saturated rings. The Kier molecular flexibility index (Phi) is 3.61. The number of rotatable bonds is 3. The SMILES string of the molecule is O=C(Oc1ccccc1)C1=CC23C=c4cc5c6c4c4c2c2c7c8c9c%10c%11c8c8c%12c%13c(cc(c%12c6c8c47)C5)CC(C=C%10CC4CC(C=2C94)C3C1c1ccccc1)C%11%13. The first kappa shape index (κ1) is 26.8. The summed E-state index contributed by atoms with van der Waals surface area (Å²) in [6.07, 6.45) is 12.6. The zero-order valence-electron chi connectivity index (χ0n) is 30.8. The van der Waals surface area contributed by atoms with Crippen LogP contribution in [0.2, 0.25) is 0 Å². The average molecular weight is 723 g/mol. The molecule has 10 aliphatic rings. The van der Waals surface area contributed by atoms with Crippen LogP contribution in [0.3, 0.4) is 0 Å². The van der Waals surface area contributed by atoms with E-state index in [0.717, 1.165) is 12.0 Å². The number of fused-ring (bicyclic) bond motifs is 1. The number of carbonyl (C=O) groups is 1. The molecule has 0 aliphatic heterocycles. The normalized spacial score (nSPS) is 30.8. The molecule has 1 saturated carbocycles. The maximum Gasteiger partial charge on any atom is 0.339 e. The van der Waals surface area contributed by atoms with E-state index >= 15 is 0 Å². The van der Waals surface area contributed by atoms with Crippen molar-refractivity contribution in [2.75, 3.05) is 0 Å². The Morgan fingerprint density at radius 1 is 0.649 bits per heavy atom. The van der Waals surface area contributed by atoms with Crippen molar-refractivity contribution in [3.63, 3.8) is 0 Å². The van der Waals surface area contributed by atoms with Crippen molar-refractivity contribution in [3.05, 3.63) is 151 Å². The van der Waals surface area contributed by atoms with Crippen molar-refractivity contribution in [1.29, 1.82) is 0 Å². The highest BCUT2D eigenvalue weighted by atomic mass is 16.5. The lowest BCUT2D eigenvalue weighted by Crippen LogP contribution is -2.46. The maximum atomic E-state index is 15.0. The van der Waals surface area contributed by atoms with Crippen LogP contribution in [0.25, 0.3) is 81.9 Å².